The Morgan fingerprint density at radius 1 is 0.886 bits per heavy atom. The van der Waals surface area contributed by atoms with E-state index in [0.717, 1.165) is 76.8 Å². The van der Waals surface area contributed by atoms with E-state index in [1.54, 1.807) is 26.4 Å². The lowest BCUT2D eigenvalue weighted by molar-refractivity contribution is -0.127. The molecule has 0 bridgehead atoms. The van der Waals surface area contributed by atoms with Crippen molar-refractivity contribution in [3.63, 3.8) is 0 Å². The van der Waals surface area contributed by atoms with E-state index < -0.39 is 0 Å². The largest absolute Gasteiger partial charge is 0.493 e. The summed E-state index contributed by atoms with van der Waals surface area (Å²) in [5.74, 6) is 2.53. The van der Waals surface area contributed by atoms with Crippen molar-refractivity contribution in [2.75, 3.05) is 67.2 Å². The lowest BCUT2D eigenvalue weighted by Crippen LogP contribution is -2.46. The summed E-state index contributed by atoms with van der Waals surface area (Å²) in [5.41, 5.74) is 2.09. The molecular weight excluding hydrogens is 560 g/mol. The molecule has 2 aromatic carbocycles. The molecule has 0 radical (unpaired) electrons. The molecule has 0 aliphatic carbocycles. The number of piperazine rings is 1. The predicted octanol–water partition coefficient (Wildman–Crippen LogP) is 4.83. The van der Waals surface area contributed by atoms with Gasteiger partial charge in [0.2, 0.25) is 5.91 Å². The van der Waals surface area contributed by atoms with Gasteiger partial charge in [-0.2, -0.15) is 0 Å². The first-order chi connectivity index (χ1) is 21.5. The second kappa shape index (κ2) is 15.1. The van der Waals surface area contributed by atoms with Gasteiger partial charge in [0.25, 0.3) is 5.91 Å². The second-order valence-corrected chi connectivity index (χ2v) is 11.5. The lowest BCUT2D eigenvalue weighted by atomic mass is 10.1. The molecule has 2 saturated heterocycles. The highest BCUT2D eigenvalue weighted by molar-refractivity contribution is 6.03. The van der Waals surface area contributed by atoms with Crippen LogP contribution in [0.5, 0.6) is 23.0 Å². The van der Waals surface area contributed by atoms with Crippen LogP contribution in [0.2, 0.25) is 0 Å². The molecule has 0 saturated carbocycles. The maximum atomic E-state index is 13.0. The SMILES string of the molecule is COc1cc(/C=C/C(=O)N2CCN(C)CC2)ccc1OCCCCCCOc1cc2c(cc1OC)C(=O)N1CCC[C@H]1C=N2. The predicted molar refractivity (Wildman–Crippen MR) is 171 cm³/mol. The average molecular weight is 605 g/mol. The summed E-state index contributed by atoms with van der Waals surface area (Å²) in [6, 6.07) is 9.36. The second-order valence-electron chi connectivity index (χ2n) is 11.5. The van der Waals surface area contributed by atoms with E-state index in [1.165, 1.54) is 0 Å². The molecule has 5 rings (SSSR count). The number of aliphatic imine (C=N–C) groups is 1. The third-order valence-corrected chi connectivity index (χ3v) is 8.43. The molecule has 2 amide bonds. The Morgan fingerprint density at radius 2 is 1.59 bits per heavy atom. The first-order valence-corrected chi connectivity index (χ1v) is 15.6. The van der Waals surface area contributed by atoms with Crippen molar-refractivity contribution in [3.05, 3.63) is 47.5 Å². The molecular formula is C34H44N4O6. The zero-order valence-corrected chi connectivity index (χ0v) is 26.1. The molecule has 44 heavy (non-hydrogen) atoms. The van der Waals surface area contributed by atoms with E-state index in [-0.39, 0.29) is 17.9 Å². The minimum Gasteiger partial charge on any atom is -0.493 e. The molecule has 10 nitrogen and oxygen atoms in total. The maximum absolute atomic E-state index is 13.0. The van der Waals surface area contributed by atoms with Gasteiger partial charge in [-0.1, -0.05) is 6.07 Å². The van der Waals surface area contributed by atoms with E-state index in [9.17, 15) is 9.59 Å². The van der Waals surface area contributed by atoms with Gasteiger partial charge in [-0.15, -0.1) is 0 Å². The third kappa shape index (κ3) is 7.72. The Balaban J connectivity index is 1.03. The van der Waals surface area contributed by atoms with Crippen LogP contribution in [0.4, 0.5) is 5.69 Å². The molecule has 0 aromatic heterocycles. The lowest BCUT2D eigenvalue weighted by Gasteiger charge is -2.31. The van der Waals surface area contributed by atoms with Crippen LogP contribution in [-0.4, -0.2) is 106 Å². The zero-order chi connectivity index (χ0) is 30.9. The van der Waals surface area contributed by atoms with Gasteiger partial charge in [0.05, 0.1) is 44.7 Å². The fourth-order valence-electron chi connectivity index (χ4n) is 5.75. The Labute approximate surface area is 260 Å². The highest BCUT2D eigenvalue weighted by Crippen LogP contribution is 2.38. The zero-order valence-electron chi connectivity index (χ0n) is 26.1. The standard InChI is InChI=1S/C34H44N4O6/c1-36-15-17-37(18-16-36)33(39)13-11-25-10-12-29(30(21-25)41-2)43-19-6-4-5-7-20-44-32-23-28-27(22-31(32)42-3)34(40)38-14-8-9-26(38)24-35-28/h10-13,21-24,26H,4-9,14-20H2,1-3H3/b13-11+/t26-/m0/s1. The summed E-state index contributed by atoms with van der Waals surface area (Å²) in [4.78, 5) is 36.2. The summed E-state index contributed by atoms with van der Waals surface area (Å²) < 4.78 is 23.1. The van der Waals surface area contributed by atoms with E-state index >= 15 is 0 Å². The molecule has 236 valence electrons. The van der Waals surface area contributed by atoms with Crippen LogP contribution in [-0.2, 0) is 4.79 Å². The highest BCUT2D eigenvalue weighted by Gasteiger charge is 2.32. The van der Waals surface area contributed by atoms with E-state index in [2.05, 4.69) is 16.9 Å². The van der Waals surface area contributed by atoms with Crippen molar-refractivity contribution in [3.8, 4) is 23.0 Å². The monoisotopic (exact) mass is 604 g/mol. The number of unbranched alkanes of at least 4 members (excludes halogenated alkanes) is 3. The number of carbonyl (C=O) groups is 2. The van der Waals surface area contributed by atoms with Gasteiger partial charge in [0.15, 0.2) is 23.0 Å². The molecule has 0 unspecified atom stereocenters. The van der Waals surface area contributed by atoms with E-state index in [0.29, 0.717) is 47.5 Å². The summed E-state index contributed by atoms with van der Waals surface area (Å²) >= 11 is 0. The number of methoxy groups -OCH3 is 2. The number of ether oxygens (including phenoxy) is 4. The Hall–Kier alpha value is -4.05. The van der Waals surface area contributed by atoms with Crippen LogP contribution in [0.1, 0.15) is 54.4 Å². The fraction of sp³-hybridized carbons (Fsp3) is 0.500. The fourth-order valence-corrected chi connectivity index (χ4v) is 5.75. The normalized spacial score (nSPS) is 18.2. The van der Waals surface area contributed by atoms with Crippen LogP contribution in [0.15, 0.2) is 41.4 Å². The number of hydrogen-bond donors (Lipinski definition) is 0. The van der Waals surface area contributed by atoms with Crippen LogP contribution in [0.3, 0.4) is 0 Å². The molecule has 3 aliphatic heterocycles. The topological polar surface area (TPSA) is 93.1 Å². The van der Waals surface area contributed by atoms with Gasteiger partial charge in [0.1, 0.15) is 0 Å². The molecule has 0 spiro atoms. The number of nitrogens with zero attached hydrogens (tertiary/aromatic N) is 4. The Morgan fingerprint density at radius 3 is 2.32 bits per heavy atom. The highest BCUT2D eigenvalue weighted by atomic mass is 16.5. The van der Waals surface area contributed by atoms with Crippen LogP contribution >= 0.6 is 0 Å². The van der Waals surface area contributed by atoms with Crippen LogP contribution in [0, 0.1) is 0 Å². The van der Waals surface area contributed by atoms with Gasteiger partial charge in [-0.3, -0.25) is 14.6 Å². The number of benzene rings is 2. The summed E-state index contributed by atoms with van der Waals surface area (Å²) in [6.45, 7) is 5.20. The van der Waals surface area contributed by atoms with Crippen molar-refractivity contribution >= 4 is 29.8 Å². The van der Waals surface area contributed by atoms with Gasteiger partial charge in [-0.05, 0) is 75.4 Å². The quantitative estimate of drug-likeness (QED) is 0.239. The number of hydrogen-bond acceptors (Lipinski definition) is 8. The summed E-state index contributed by atoms with van der Waals surface area (Å²) in [6.07, 6.45) is 11.1. The Kier molecular flexibility index (Phi) is 10.8. The van der Waals surface area contributed by atoms with Crippen LogP contribution < -0.4 is 18.9 Å². The van der Waals surface area contributed by atoms with Crippen molar-refractivity contribution in [1.29, 1.82) is 0 Å². The number of amides is 2. The van der Waals surface area contributed by atoms with Crippen molar-refractivity contribution in [2.24, 2.45) is 4.99 Å². The molecule has 2 fully saturated rings. The molecule has 3 heterocycles. The molecule has 2 aromatic rings. The minimum atomic E-state index is 0.00525. The van der Waals surface area contributed by atoms with Gasteiger partial charge >= 0.3 is 0 Å². The molecule has 10 heteroatoms. The molecule has 0 N–H and O–H groups in total. The first-order valence-electron chi connectivity index (χ1n) is 15.6. The smallest absolute Gasteiger partial charge is 0.256 e. The average Bonchev–Trinajstić information content (AvgIpc) is 3.48. The Bertz CT molecular complexity index is 1370. The minimum absolute atomic E-state index is 0.00525. The summed E-state index contributed by atoms with van der Waals surface area (Å²) in [7, 11) is 5.29. The number of rotatable bonds is 13. The van der Waals surface area contributed by atoms with Gasteiger partial charge in [0, 0.05) is 51.1 Å². The summed E-state index contributed by atoms with van der Waals surface area (Å²) in [5, 5.41) is 0. The number of fused-ring (bicyclic) bond motifs is 2. The van der Waals surface area contributed by atoms with Gasteiger partial charge < -0.3 is 33.6 Å². The third-order valence-electron chi connectivity index (χ3n) is 8.43. The maximum Gasteiger partial charge on any atom is 0.256 e. The van der Waals surface area contributed by atoms with E-state index in [4.69, 9.17) is 18.9 Å². The van der Waals surface area contributed by atoms with Crippen molar-refractivity contribution in [2.45, 2.75) is 44.6 Å². The number of likely N-dealkylation sites (N-methyl/N-ethyl adjacent to an activating group) is 1. The van der Waals surface area contributed by atoms with Gasteiger partial charge in [-0.25, -0.2) is 0 Å². The molecule has 1 atom stereocenters. The van der Waals surface area contributed by atoms with Crippen molar-refractivity contribution in [1.82, 2.24) is 14.7 Å². The van der Waals surface area contributed by atoms with E-state index in [1.807, 2.05) is 46.4 Å². The van der Waals surface area contributed by atoms with Crippen LogP contribution in [0.25, 0.3) is 6.08 Å². The number of carbonyl (C=O) groups excluding carboxylic acids is 2. The first kappa shape index (κ1) is 31.4. The molecule has 3 aliphatic rings. The van der Waals surface area contributed by atoms with Crippen molar-refractivity contribution < 1.29 is 28.5 Å².